The molecule has 0 aromatic heterocycles. The molecule has 0 N–H and O–H groups in total. The fourth-order valence-corrected chi connectivity index (χ4v) is 7.14. The molecule has 0 aliphatic heterocycles. The molecule has 0 spiro atoms. The Morgan fingerprint density at radius 1 is 0.708 bits per heavy atom. The molecule has 2 aliphatic carbocycles. The maximum absolute atomic E-state index is 5.37. The van der Waals surface area contributed by atoms with E-state index in [2.05, 4.69) is 40.8 Å². The van der Waals surface area contributed by atoms with Crippen LogP contribution in [0.15, 0.2) is 0 Å². The van der Waals surface area contributed by atoms with Crippen molar-refractivity contribution in [3.05, 3.63) is 9.96 Å². The van der Waals surface area contributed by atoms with Gasteiger partial charge in [-0.05, 0) is 0 Å². The fraction of sp³-hybridized carbons (Fsp3) is 1.00. The Balaban J connectivity index is 0.000000891. The fourth-order valence-electron chi connectivity index (χ4n) is 4.60. The van der Waals surface area contributed by atoms with Gasteiger partial charge in [0.05, 0.1) is 0 Å². The Morgan fingerprint density at radius 2 is 0.958 bits per heavy atom. The summed E-state index contributed by atoms with van der Waals surface area (Å²) in [5.41, 5.74) is 0. The molecule has 0 amide bonds. The first-order valence-corrected chi connectivity index (χ1v) is 16.8. The van der Waals surface area contributed by atoms with E-state index in [1.54, 1.807) is 0 Å². The summed E-state index contributed by atoms with van der Waals surface area (Å²) in [6.07, 6.45) is 8.23. The van der Waals surface area contributed by atoms with Crippen molar-refractivity contribution >= 4 is 27.0 Å². The third kappa shape index (κ3) is 7.58. The topological polar surface area (TPSA) is 28.2 Å². The summed E-state index contributed by atoms with van der Waals surface area (Å²) < 4.78 is 0. The van der Waals surface area contributed by atoms with Crippen LogP contribution in [-0.4, -0.2) is 20.5 Å². The van der Waals surface area contributed by atoms with E-state index in [9.17, 15) is 0 Å². The van der Waals surface area contributed by atoms with E-state index in [-0.39, 0.29) is 0 Å². The molecule has 0 radical (unpaired) electrons. The molecule has 0 saturated heterocycles. The molecular weight excluding hydrogens is 391 g/mol. The zero-order chi connectivity index (χ0) is 18.3. The van der Waals surface area contributed by atoms with Crippen LogP contribution in [-0.2, 0) is 17.0 Å². The SMILES string of the molecule is CC1CCCC(C)C1[N-][Si](C)(C)[N-]C1C(C)CCCC1C.[Cl][Ti][Cl]. The Morgan fingerprint density at radius 3 is 1.21 bits per heavy atom. The predicted molar refractivity (Wildman–Crippen MR) is 108 cm³/mol. The van der Waals surface area contributed by atoms with Crippen molar-refractivity contribution < 1.29 is 17.0 Å². The van der Waals surface area contributed by atoms with Gasteiger partial charge in [-0.2, -0.15) is 8.40 Å². The zero-order valence-electron chi connectivity index (χ0n) is 16.4. The minimum absolute atomic E-state index is 0.556. The first-order chi connectivity index (χ1) is 11.2. The number of rotatable bonds is 4. The summed E-state index contributed by atoms with van der Waals surface area (Å²) in [6, 6.07) is 1.14. The van der Waals surface area contributed by atoms with Gasteiger partial charge in [-0.15, -0.1) is 25.2 Å². The van der Waals surface area contributed by atoms with Crippen LogP contribution in [0.1, 0.15) is 66.2 Å². The van der Waals surface area contributed by atoms with E-state index in [0.29, 0.717) is 12.1 Å². The molecule has 6 heteroatoms. The second-order valence-electron chi connectivity index (χ2n) is 8.58. The van der Waals surface area contributed by atoms with Crippen molar-refractivity contribution in [1.29, 1.82) is 0 Å². The monoisotopic (exact) mass is 426 g/mol. The van der Waals surface area contributed by atoms with Crippen LogP contribution in [0.2, 0.25) is 13.1 Å². The quantitative estimate of drug-likeness (QED) is 0.417. The van der Waals surface area contributed by atoms with Crippen LogP contribution in [0.3, 0.4) is 0 Å². The van der Waals surface area contributed by atoms with Gasteiger partial charge in [0.15, 0.2) is 0 Å². The Bertz CT molecular complexity index is 310. The molecular formula is C18H36Cl2N2SiTi-2. The molecule has 2 nitrogen and oxygen atoms in total. The summed E-state index contributed by atoms with van der Waals surface area (Å²) in [5.74, 6) is 3.04. The predicted octanol–water partition coefficient (Wildman–Crippen LogP) is 7.46. The molecule has 0 bridgehead atoms. The summed E-state index contributed by atoms with van der Waals surface area (Å²) >= 11 is -0.556. The van der Waals surface area contributed by atoms with Crippen LogP contribution in [0.4, 0.5) is 0 Å². The number of nitrogens with zero attached hydrogens (tertiary/aromatic N) is 2. The summed E-state index contributed by atoms with van der Waals surface area (Å²) in [4.78, 5) is 10.7. The van der Waals surface area contributed by atoms with E-state index >= 15 is 0 Å². The van der Waals surface area contributed by atoms with Crippen LogP contribution in [0.5, 0.6) is 0 Å². The molecule has 4 unspecified atom stereocenters. The first kappa shape index (κ1) is 23.5. The van der Waals surface area contributed by atoms with Crippen molar-refractivity contribution in [3.63, 3.8) is 0 Å². The van der Waals surface area contributed by atoms with Crippen molar-refractivity contribution in [2.45, 2.75) is 91.4 Å². The molecule has 2 saturated carbocycles. The van der Waals surface area contributed by atoms with Crippen molar-refractivity contribution in [1.82, 2.24) is 0 Å². The van der Waals surface area contributed by atoms with Crippen LogP contribution >= 0.6 is 18.6 Å². The molecule has 0 heterocycles. The molecule has 0 aromatic carbocycles. The van der Waals surface area contributed by atoms with Gasteiger partial charge in [-0.3, -0.25) is 0 Å². The molecule has 2 aliphatic rings. The second kappa shape index (κ2) is 11.3. The molecule has 2 fully saturated rings. The van der Waals surface area contributed by atoms with Crippen molar-refractivity contribution in [3.8, 4) is 0 Å². The summed E-state index contributed by atoms with van der Waals surface area (Å²) in [5, 5.41) is 0. The van der Waals surface area contributed by atoms with E-state index in [1.165, 1.54) is 38.5 Å². The van der Waals surface area contributed by atoms with Gasteiger partial charge in [0.1, 0.15) is 0 Å². The maximum atomic E-state index is 5.37. The average Bonchev–Trinajstić information content (AvgIpc) is 2.48. The number of hydrogen-bond donors (Lipinski definition) is 0. The van der Waals surface area contributed by atoms with Crippen LogP contribution < -0.4 is 0 Å². The van der Waals surface area contributed by atoms with E-state index < -0.39 is 25.4 Å². The third-order valence-corrected chi connectivity index (χ3v) is 7.76. The molecule has 142 valence electrons. The zero-order valence-corrected chi connectivity index (χ0v) is 20.4. The normalized spacial score (nSPS) is 37.3. The third-order valence-electron chi connectivity index (χ3n) is 5.90. The standard InChI is InChI=1S/C18H36N2Si.2ClH.Ti/c1-13-9-7-10-14(2)17(13)19-21(5,6)20-18-15(3)11-8-12-16(18)4;;;/h13-18H,7-12H2,1-6H3;2*1H;/q-2;;;+2/p-2. The molecule has 0 aromatic rings. The molecule has 24 heavy (non-hydrogen) atoms. The van der Waals surface area contributed by atoms with Crippen LogP contribution in [0.25, 0.3) is 9.96 Å². The van der Waals surface area contributed by atoms with Crippen LogP contribution in [0, 0.1) is 23.7 Å². The Kier molecular flexibility index (Phi) is 11.1. The van der Waals surface area contributed by atoms with Crippen molar-refractivity contribution in [2.24, 2.45) is 23.7 Å². The van der Waals surface area contributed by atoms with Crippen molar-refractivity contribution in [2.75, 3.05) is 0 Å². The average molecular weight is 427 g/mol. The van der Waals surface area contributed by atoms with Gasteiger partial charge in [0.2, 0.25) is 0 Å². The summed E-state index contributed by atoms with van der Waals surface area (Å²) in [6.45, 7) is 14.4. The van der Waals surface area contributed by atoms with E-state index in [1.807, 2.05) is 0 Å². The van der Waals surface area contributed by atoms with Gasteiger partial charge in [0, 0.05) is 0 Å². The molecule has 4 atom stereocenters. The second-order valence-corrected chi connectivity index (χ2v) is 14.7. The van der Waals surface area contributed by atoms with Gasteiger partial charge in [0.25, 0.3) is 0 Å². The minimum atomic E-state index is -1.80. The Hall–Kier alpha value is 1.43. The first-order valence-electron chi connectivity index (χ1n) is 9.62. The van der Waals surface area contributed by atoms with Gasteiger partial charge >= 0.3 is 35.6 Å². The van der Waals surface area contributed by atoms with Gasteiger partial charge in [-0.1, -0.05) is 89.9 Å². The Labute approximate surface area is 168 Å². The van der Waals surface area contributed by atoms with Gasteiger partial charge in [-0.25, -0.2) is 0 Å². The number of halogens is 2. The van der Waals surface area contributed by atoms with Gasteiger partial charge < -0.3 is 9.96 Å². The van der Waals surface area contributed by atoms with E-state index in [4.69, 9.17) is 28.6 Å². The van der Waals surface area contributed by atoms with E-state index in [0.717, 1.165) is 23.7 Å². The summed E-state index contributed by atoms with van der Waals surface area (Å²) in [7, 11) is 7.98. The number of hydrogen-bond acceptors (Lipinski definition) is 0. The molecule has 2 rings (SSSR count).